The molecule has 0 radical (unpaired) electrons. The fourth-order valence-corrected chi connectivity index (χ4v) is 5.71. The van der Waals surface area contributed by atoms with Crippen LogP contribution in [0, 0.1) is 11.8 Å². The molecule has 8 heteroatoms. The van der Waals surface area contributed by atoms with E-state index in [1.165, 1.54) is 0 Å². The predicted octanol–water partition coefficient (Wildman–Crippen LogP) is 3.74. The Bertz CT molecular complexity index is 1140. The molecular formula is C23H30N4O3S. The van der Waals surface area contributed by atoms with E-state index in [-0.39, 0.29) is 5.92 Å². The van der Waals surface area contributed by atoms with Gasteiger partial charge in [0.25, 0.3) is 0 Å². The van der Waals surface area contributed by atoms with Gasteiger partial charge in [0.2, 0.25) is 10.0 Å². The molecule has 166 valence electrons. The third-order valence-electron chi connectivity index (χ3n) is 5.62. The second-order valence-corrected chi connectivity index (χ2v) is 10.4. The van der Waals surface area contributed by atoms with Gasteiger partial charge in [0.15, 0.2) is 5.65 Å². The lowest BCUT2D eigenvalue weighted by Gasteiger charge is -2.17. The number of hydrogen-bond donors (Lipinski definition) is 0. The number of imidazole rings is 1. The number of aromatic nitrogens is 3. The second-order valence-electron chi connectivity index (χ2n) is 8.50. The third kappa shape index (κ3) is 4.60. The first-order valence-corrected chi connectivity index (χ1v) is 12.4. The lowest BCUT2D eigenvalue weighted by molar-refractivity contribution is 0.340. The molecule has 1 saturated heterocycles. The molecule has 0 saturated carbocycles. The molecule has 0 N–H and O–H groups in total. The van der Waals surface area contributed by atoms with Crippen LogP contribution in [0.5, 0.6) is 5.75 Å². The zero-order valence-electron chi connectivity index (χ0n) is 18.4. The molecule has 1 aliphatic rings. The number of fused-ring (bicyclic) bond motifs is 1. The highest BCUT2D eigenvalue weighted by atomic mass is 32.2. The molecule has 1 aromatic carbocycles. The highest BCUT2D eigenvalue weighted by Crippen LogP contribution is 2.28. The van der Waals surface area contributed by atoms with Crippen molar-refractivity contribution in [3.8, 4) is 5.75 Å². The summed E-state index contributed by atoms with van der Waals surface area (Å²) in [6.07, 6.45) is 3.37. The van der Waals surface area contributed by atoms with Gasteiger partial charge in [-0.05, 0) is 61.6 Å². The summed E-state index contributed by atoms with van der Waals surface area (Å²) in [6, 6.07) is 10.6. The van der Waals surface area contributed by atoms with E-state index in [9.17, 15) is 8.42 Å². The number of nitrogens with zero attached hydrogens (tertiary/aromatic N) is 4. The van der Waals surface area contributed by atoms with Crippen LogP contribution in [-0.2, 0) is 23.0 Å². The highest BCUT2D eigenvalue weighted by Gasteiger charge is 2.33. The number of sulfonamides is 1. The summed E-state index contributed by atoms with van der Waals surface area (Å²) < 4.78 is 35.4. The topological polar surface area (TPSA) is 77.3 Å². The fraction of sp³-hybridized carbons (Fsp3) is 0.478. The summed E-state index contributed by atoms with van der Waals surface area (Å²) in [4.78, 5) is 9.66. The zero-order chi connectivity index (χ0) is 22.0. The Kier molecular flexibility index (Phi) is 6.29. The van der Waals surface area contributed by atoms with Crippen LogP contribution in [0.15, 0.2) is 47.5 Å². The largest absolute Gasteiger partial charge is 0.494 e. The Morgan fingerprint density at radius 1 is 1.19 bits per heavy atom. The number of pyridine rings is 1. The van der Waals surface area contributed by atoms with Gasteiger partial charge in [0.1, 0.15) is 17.1 Å². The van der Waals surface area contributed by atoms with Gasteiger partial charge >= 0.3 is 0 Å². The molecule has 1 fully saturated rings. The van der Waals surface area contributed by atoms with E-state index in [0.29, 0.717) is 36.3 Å². The van der Waals surface area contributed by atoms with Gasteiger partial charge in [-0.1, -0.05) is 13.8 Å². The van der Waals surface area contributed by atoms with Crippen molar-refractivity contribution in [3.63, 3.8) is 0 Å². The molecule has 0 amide bonds. The van der Waals surface area contributed by atoms with Crippen molar-refractivity contribution in [1.29, 1.82) is 0 Å². The van der Waals surface area contributed by atoms with Gasteiger partial charge in [-0.2, -0.15) is 4.31 Å². The first-order chi connectivity index (χ1) is 14.9. The van der Waals surface area contributed by atoms with Crippen LogP contribution >= 0.6 is 0 Å². The normalized spacial score (nSPS) is 17.6. The lowest BCUT2D eigenvalue weighted by Crippen LogP contribution is -2.29. The van der Waals surface area contributed by atoms with Crippen LogP contribution in [0.25, 0.3) is 11.2 Å². The Labute approximate surface area is 184 Å². The van der Waals surface area contributed by atoms with E-state index in [4.69, 9.17) is 9.72 Å². The maximum atomic E-state index is 13.1. The smallest absolute Gasteiger partial charge is 0.243 e. The Morgan fingerprint density at radius 2 is 1.97 bits per heavy atom. The first-order valence-electron chi connectivity index (χ1n) is 10.9. The minimum absolute atomic E-state index is 0.236. The van der Waals surface area contributed by atoms with Crippen LogP contribution in [0.3, 0.4) is 0 Å². The highest BCUT2D eigenvalue weighted by molar-refractivity contribution is 7.89. The molecule has 1 aliphatic heterocycles. The van der Waals surface area contributed by atoms with Gasteiger partial charge < -0.3 is 9.30 Å². The molecule has 0 spiro atoms. The van der Waals surface area contributed by atoms with Crippen molar-refractivity contribution in [2.24, 2.45) is 11.8 Å². The molecule has 1 atom stereocenters. The molecule has 4 rings (SSSR count). The van der Waals surface area contributed by atoms with E-state index in [1.807, 2.05) is 19.1 Å². The monoisotopic (exact) mass is 442 g/mol. The number of hydrogen-bond acceptors (Lipinski definition) is 5. The first kappa shape index (κ1) is 21.8. The van der Waals surface area contributed by atoms with Crippen molar-refractivity contribution in [3.05, 3.63) is 48.4 Å². The molecule has 3 aromatic rings. The molecule has 7 nitrogen and oxygen atoms in total. The number of rotatable bonds is 8. The summed E-state index contributed by atoms with van der Waals surface area (Å²) in [6.45, 7) is 8.70. The van der Waals surface area contributed by atoms with E-state index >= 15 is 0 Å². The molecule has 0 unspecified atom stereocenters. The van der Waals surface area contributed by atoms with Crippen molar-refractivity contribution in [2.75, 3.05) is 19.7 Å². The molecule has 0 aliphatic carbocycles. The summed E-state index contributed by atoms with van der Waals surface area (Å²) in [5.41, 5.74) is 1.80. The van der Waals surface area contributed by atoms with Crippen LogP contribution in [0.4, 0.5) is 0 Å². The van der Waals surface area contributed by atoms with Gasteiger partial charge in [0.05, 0.1) is 11.5 Å². The average molecular weight is 443 g/mol. The van der Waals surface area contributed by atoms with E-state index in [2.05, 4.69) is 23.4 Å². The number of benzene rings is 1. The van der Waals surface area contributed by atoms with Crippen molar-refractivity contribution >= 4 is 21.2 Å². The van der Waals surface area contributed by atoms with Gasteiger partial charge in [-0.25, -0.2) is 18.4 Å². The van der Waals surface area contributed by atoms with Crippen molar-refractivity contribution < 1.29 is 13.2 Å². The predicted molar refractivity (Wildman–Crippen MR) is 121 cm³/mol. The van der Waals surface area contributed by atoms with Gasteiger partial charge in [-0.3, -0.25) is 0 Å². The quantitative estimate of drug-likeness (QED) is 0.531. The minimum Gasteiger partial charge on any atom is -0.494 e. The van der Waals surface area contributed by atoms with E-state index in [0.717, 1.165) is 36.4 Å². The van der Waals surface area contributed by atoms with Crippen LogP contribution < -0.4 is 4.74 Å². The van der Waals surface area contributed by atoms with Crippen LogP contribution in [0.1, 0.15) is 33.0 Å². The average Bonchev–Trinajstić information content (AvgIpc) is 3.34. The van der Waals surface area contributed by atoms with Crippen molar-refractivity contribution in [1.82, 2.24) is 18.8 Å². The number of ether oxygens (including phenoxy) is 1. The van der Waals surface area contributed by atoms with E-state index in [1.54, 1.807) is 34.8 Å². The summed E-state index contributed by atoms with van der Waals surface area (Å²) in [5, 5.41) is 0. The molecule has 3 heterocycles. The van der Waals surface area contributed by atoms with E-state index < -0.39 is 10.0 Å². The Hall–Kier alpha value is -2.45. The van der Waals surface area contributed by atoms with Gasteiger partial charge in [-0.15, -0.1) is 0 Å². The Morgan fingerprint density at radius 3 is 2.68 bits per heavy atom. The second kappa shape index (κ2) is 8.96. The summed E-state index contributed by atoms with van der Waals surface area (Å²) in [5.74, 6) is 2.38. The Balaban J connectivity index is 1.50. The maximum absolute atomic E-state index is 13.1. The molecule has 0 bridgehead atoms. The maximum Gasteiger partial charge on any atom is 0.243 e. The standard InChI is InChI=1S/C23H30N4O3S/c1-4-30-19-7-9-20(10-8-19)31(28,29)26-13-11-18(16-26)14-22-25-21-6-5-12-24-23(21)27(22)15-17(2)3/h5-10,12,17-18H,4,11,13-16H2,1-3H3/t18-/m1/s1. The third-order valence-corrected chi connectivity index (χ3v) is 7.50. The van der Waals surface area contributed by atoms with Gasteiger partial charge in [0, 0.05) is 32.3 Å². The molecular weight excluding hydrogens is 412 g/mol. The summed E-state index contributed by atoms with van der Waals surface area (Å²) in [7, 11) is -3.51. The molecule has 31 heavy (non-hydrogen) atoms. The zero-order valence-corrected chi connectivity index (χ0v) is 19.2. The summed E-state index contributed by atoms with van der Waals surface area (Å²) >= 11 is 0. The minimum atomic E-state index is -3.51. The van der Waals surface area contributed by atoms with Crippen LogP contribution in [0.2, 0.25) is 0 Å². The van der Waals surface area contributed by atoms with Crippen molar-refractivity contribution in [2.45, 2.75) is 45.1 Å². The lowest BCUT2D eigenvalue weighted by atomic mass is 10.0. The fourth-order valence-electron chi connectivity index (χ4n) is 4.18. The SMILES string of the molecule is CCOc1ccc(S(=O)(=O)N2CC[C@H](Cc3nc4cccnc4n3CC(C)C)C2)cc1. The van der Waals surface area contributed by atoms with Crippen LogP contribution in [-0.4, -0.2) is 47.0 Å². The molecule has 2 aromatic heterocycles.